The molecular weight excluding hydrogens is 312 g/mol. The average molecular weight is 312 g/mol. The predicted molar refractivity (Wildman–Crippen MR) is 17.9 cm³/mol. The summed E-state index contributed by atoms with van der Waals surface area (Å²) < 4.78 is 0. The molecule has 24 valence electrons. The van der Waals surface area contributed by atoms with Crippen molar-refractivity contribution < 1.29 is 49.0 Å². The molecule has 0 spiro atoms. The quantitative estimate of drug-likeness (QED) is 0.397. The Bertz CT molecular complexity index is 6.85. The van der Waals surface area contributed by atoms with Gasteiger partial charge in [-0.25, -0.2) is 0 Å². The molecule has 0 atom stereocenters. The van der Waals surface area contributed by atoms with Crippen LogP contribution in [0.5, 0.6) is 0 Å². The van der Waals surface area contributed by atoms with Crippen molar-refractivity contribution in [2.45, 2.75) is 0 Å². The Hall–Kier alpha value is 2.66. The van der Waals surface area contributed by atoms with Crippen molar-refractivity contribution in [3.63, 3.8) is 0 Å². The molecule has 0 radical (unpaired) electrons. The Morgan fingerprint density at radius 2 is 1.20 bits per heavy atom. The predicted octanol–water partition coefficient (Wildman–Crippen LogP) is -4.30. The zero-order chi connectivity index (χ0) is 2.71. The smallest absolute Gasteiger partial charge is 1.00 e. The van der Waals surface area contributed by atoms with Crippen molar-refractivity contribution in [3.05, 3.63) is 0 Å². The molecule has 0 aromatic rings. The first kappa shape index (κ1) is 15.6. The van der Waals surface area contributed by atoms with Crippen LogP contribution in [0.3, 0.4) is 0 Å². The molecule has 0 aliphatic rings. The first-order chi connectivity index (χ1) is 1.41. The second kappa shape index (κ2) is 15.9. The van der Waals surface area contributed by atoms with E-state index in [-0.39, 0.29) is 49.0 Å². The van der Waals surface area contributed by atoms with E-state index in [9.17, 15) is 0 Å². The molecule has 0 rings (SSSR count). The van der Waals surface area contributed by atoms with Gasteiger partial charge in [-0.15, -0.1) is 0 Å². The topological polar surface area (TPSA) is 0 Å². The summed E-state index contributed by atoms with van der Waals surface area (Å²) in [5.41, 5.74) is 0. The van der Waals surface area contributed by atoms with Crippen LogP contribution in [0.25, 0.3) is 0 Å². The molecule has 0 aromatic carbocycles. The molecule has 0 N–H and O–H groups in total. The summed E-state index contributed by atoms with van der Waals surface area (Å²) >= 11 is 6.25. The number of hydrogen-bond donors (Lipinski definition) is 0. The summed E-state index contributed by atoms with van der Waals surface area (Å²) in [7, 11) is 0. The third-order valence-electron chi connectivity index (χ3n) is 0. The van der Waals surface area contributed by atoms with Gasteiger partial charge in [0.05, 0.1) is 0 Å². The van der Waals surface area contributed by atoms with Gasteiger partial charge in [0.15, 0.2) is 0 Å². The molecule has 5 heteroatoms. The van der Waals surface area contributed by atoms with Crippen molar-refractivity contribution in [3.8, 4) is 0 Å². The van der Waals surface area contributed by atoms with Crippen molar-refractivity contribution in [2.24, 2.45) is 0 Å². The van der Waals surface area contributed by atoms with Crippen LogP contribution in [-0.2, 0) is 13.2 Å². The van der Waals surface area contributed by atoms with Crippen molar-refractivity contribution in [1.29, 1.82) is 0 Å². The van der Waals surface area contributed by atoms with E-state index in [0.29, 0.717) is 0 Å². The first-order valence-electron chi connectivity index (χ1n) is 0.535. The summed E-state index contributed by atoms with van der Waals surface area (Å²) in [6, 6.07) is 0. The molecule has 0 nitrogen and oxygen atoms in total. The zero-order valence-corrected chi connectivity index (χ0v) is 10.6. The molecule has 0 heterocycles. The Balaban J connectivity index is -0.0000000200. The molecule has 0 saturated carbocycles. The van der Waals surface area contributed by atoms with Gasteiger partial charge in [-0.1, -0.05) is 0 Å². The Kier molecular flexibility index (Phi) is 49.8. The molecule has 0 unspecified atom stereocenters. The van der Waals surface area contributed by atoms with E-state index in [1.54, 1.807) is 0 Å². The molecule has 0 bridgehead atoms. The maximum absolute atomic E-state index is 3.25. The fourth-order valence-corrected chi connectivity index (χ4v) is 0. The summed E-state index contributed by atoms with van der Waals surface area (Å²) in [5.74, 6) is 0. The molecule has 0 fully saturated rings. The van der Waals surface area contributed by atoms with Gasteiger partial charge in [-0.2, -0.15) is 0 Å². The van der Waals surface area contributed by atoms with E-state index in [2.05, 4.69) is 27.2 Å². The monoisotopic (exact) mass is 308 g/mol. The van der Waals surface area contributed by atoms with E-state index >= 15 is 0 Å². The van der Waals surface area contributed by atoms with Crippen LogP contribution >= 0.6 is 27.2 Å². The van der Waals surface area contributed by atoms with Gasteiger partial charge in [0.25, 0.3) is 0 Å². The van der Waals surface area contributed by atoms with Gasteiger partial charge in [0.2, 0.25) is 0 Å². The van der Waals surface area contributed by atoms with Gasteiger partial charge >= 0.3 is 59.3 Å². The fraction of sp³-hybridized carbons (Fsp3) is 0. The molecule has 5 heavy (non-hydrogen) atoms. The molecule has 0 amide bonds. The molecule has 0 aromatic heterocycles. The van der Waals surface area contributed by atoms with Crippen LogP contribution in [0.15, 0.2) is 0 Å². The van der Waals surface area contributed by atoms with Crippen molar-refractivity contribution in [1.82, 2.24) is 0 Å². The summed E-state index contributed by atoms with van der Waals surface area (Å²) in [4.78, 5) is 0. The minimum atomic E-state index is -0.250. The normalized spacial score (nSPS) is 2.00. The maximum Gasteiger partial charge on any atom is 1.00 e. The van der Waals surface area contributed by atoms with Gasteiger partial charge in [-0.3, -0.25) is 0 Å². The van der Waals surface area contributed by atoms with Crippen LogP contribution in [0.1, 0.15) is 0 Å². The minimum Gasteiger partial charge on any atom is 1.00 e. The fourth-order valence-electron chi connectivity index (χ4n) is 0. The summed E-state index contributed by atoms with van der Waals surface area (Å²) in [5, 5.41) is 0. The maximum atomic E-state index is 3.25. The summed E-state index contributed by atoms with van der Waals surface area (Å²) in [6.07, 6.45) is 0. The van der Waals surface area contributed by atoms with E-state index in [0.717, 1.165) is 0 Å². The number of rotatable bonds is 0. The van der Waals surface area contributed by atoms with Gasteiger partial charge in [0, 0.05) is 0 Å². The van der Waals surface area contributed by atoms with Crippen LogP contribution in [0.4, 0.5) is 0 Å². The number of halogens is 3. The third kappa shape index (κ3) is 20.4. The molecule has 0 saturated heterocycles. The van der Waals surface area contributed by atoms with Gasteiger partial charge in [-0.05, 0) is 0 Å². The Labute approximate surface area is 75.1 Å². The second-order valence-corrected chi connectivity index (χ2v) is 14.2. The van der Waals surface area contributed by atoms with E-state index < -0.39 is 0 Å². The Morgan fingerprint density at radius 3 is 1.20 bits per heavy atom. The van der Waals surface area contributed by atoms with Gasteiger partial charge in [0.1, 0.15) is 0 Å². The molecule has 0 aliphatic heterocycles. The van der Waals surface area contributed by atoms with Crippen molar-refractivity contribution >= 4 is 27.2 Å². The van der Waals surface area contributed by atoms with Crippen LogP contribution in [-0.4, -0.2) is 0 Å². The summed E-state index contributed by atoms with van der Waals surface area (Å²) in [6.45, 7) is 0. The van der Waals surface area contributed by atoms with Crippen LogP contribution < -0.4 is 35.8 Å². The molecular formula is Br3LiZn. The largest absolute Gasteiger partial charge is 1.00 e. The average Bonchev–Trinajstić information content (AvgIpc) is 0.918. The van der Waals surface area contributed by atoms with Gasteiger partial charge < -0.3 is 17.0 Å². The van der Waals surface area contributed by atoms with Crippen LogP contribution in [0.2, 0.25) is 0 Å². The van der Waals surface area contributed by atoms with E-state index in [4.69, 9.17) is 0 Å². The van der Waals surface area contributed by atoms with Crippen LogP contribution in [0, 0.1) is 0 Å². The minimum absolute atomic E-state index is 0. The zero-order valence-electron chi connectivity index (χ0n) is 2.84. The Morgan fingerprint density at radius 1 is 1.20 bits per heavy atom. The molecule has 0 aliphatic carbocycles. The standard InChI is InChI=1S/3BrH.Li.Zn/h3*1H;;/q;;;+1;+2/p-3. The van der Waals surface area contributed by atoms with E-state index in [1.165, 1.54) is 0 Å². The number of hydrogen-bond acceptors (Lipinski definition) is 0. The van der Waals surface area contributed by atoms with Crippen molar-refractivity contribution in [2.75, 3.05) is 0 Å². The first-order valence-corrected chi connectivity index (χ1v) is 14.4. The third-order valence-corrected chi connectivity index (χ3v) is 0. The van der Waals surface area contributed by atoms with E-state index in [1.807, 2.05) is 0 Å². The SMILES string of the molecule is [Br-].[Br][Zn][Br].[Li+]. The second-order valence-electron chi connectivity index (χ2n) is 0.101.